The van der Waals surface area contributed by atoms with E-state index in [4.69, 9.17) is 18.9 Å². The molecule has 0 bridgehead atoms. The molecule has 2 aromatic carbocycles. The molecule has 248 valence electrons. The van der Waals surface area contributed by atoms with Crippen LogP contribution in [0.25, 0.3) is 0 Å². The highest BCUT2D eigenvalue weighted by Gasteiger charge is 2.32. The number of Topliss-reactive ketones (excluding diaryl/α,β-unsaturated/α-hetero) is 2. The number of benzene rings is 2. The van der Waals surface area contributed by atoms with Crippen molar-refractivity contribution in [3.05, 3.63) is 84.0 Å². The molecule has 0 atom stereocenters. The van der Waals surface area contributed by atoms with E-state index in [1.165, 1.54) is 0 Å². The van der Waals surface area contributed by atoms with Gasteiger partial charge >= 0.3 is 0 Å². The fraction of sp³-hybridized carbons (Fsp3) is 0.538. The molecule has 6 nitrogen and oxygen atoms in total. The van der Waals surface area contributed by atoms with Crippen molar-refractivity contribution in [1.29, 1.82) is 0 Å². The third kappa shape index (κ3) is 11.0. The third-order valence-electron chi connectivity index (χ3n) is 8.14. The zero-order chi connectivity index (χ0) is 34.4. The lowest BCUT2D eigenvalue weighted by Gasteiger charge is -2.31. The van der Waals surface area contributed by atoms with E-state index in [9.17, 15) is 9.59 Å². The first-order chi connectivity index (χ1) is 20.5. The molecular formula is C39H56O6. The van der Waals surface area contributed by atoms with Gasteiger partial charge in [-0.3, -0.25) is 9.59 Å². The molecule has 0 spiro atoms. The van der Waals surface area contributed by atoms with Crippen molar-refractivity contribution >= 4 is 11.6 Å². The first kappa shape index (κ1) is 38.0. The maximum atomic E-state index is 12.3. The van der Waals surface area contributed by atoms with Gasteiger partial charge in [-0.2, -0.15) is 0 Å². The molecule has 0 fully saturated rings. The molecule has 45 heavy (non-hydrogen) atoms. The van der Waals surface area contributed by atoms with Gasteiger partial charge in [0.05, 0.1) is 13.2 Å². The van der Waals surface area contributed by atoms with Gasteiger partial charge in [0, 0.05) is 18.3 Å². The van der Waals surface area contributed by atoms with Crippen LogP contribution in [-0.4, -0.2) is 47.2 Å². The summed E-state index contributed by atoms with van der Waals surface area (Å²) in [6.07, 6.45) is 1.25. The molecule has 0 aliphatic carbocycles. The first-order valence-electron chi connectivity index (χ1n) is 15.8. The zero-order valence-corrected chi connectivity index (χ0v) is 29.8. The van der Waals surface area contributed by atoms with E-state index in [2.05, 4.69) is 51.3 Å². The molecule has 0 unspecified atom stereocenters. The molecule has 6 heteroatoms. The number of rotatable bonds is 18. The average molecular weight is 621 g/mol. The number of carbonyl (C=O) groups excluding carboxylic acids is 2. The van der Waals surface area contributed by atoms with Gasteiger partial charge in [0.1, 0.15) is 33.9 Å². The van der Waals surface area contributed by atoms with Gasteiger partial charge in [-0.15, -0.1) is 0 Å². The Bertz CT molecular complexity index is 1240. The van der Waals surface area contributed by atoms with Crippen LogP contribution < -0.4 is 9.47 Å². The summed E-state index contributed by atoms with van der Waals surface area (Å²) in [4.78, 5) is 24.6. The number of ketones is 2. The Hall–Kier alpha value is -3.22. The van der Waals surface area contributed by atoms with Crippen LogP contribution in [0.4, 0.5) is 0 Å². The van der Waals surface area contributed by atoms with Crippen molar-refractivity contribution in [2.45, 2.75) is 124 Å². The van der Waals surface area contributed by atoms with Gasteiger partial charge in [-0.05, 0) is 116 Å². The van der Waals surface area contributed by atoms with Crippen LogP contribution in [0.5, 0.6) is 11.5 Å². The van der Waals surface area contributed by atoms with Crippen LogP contribution >= 0.6 is 0 Å². The van der Waals surface area contributed by atoms with E-state index in [1.54, 1.807) is 41.5 Å². The lowest BCUT2D eigenvalue weighted by Crippen LogP contribution is -2.38. The molecule has 0 N–H and O–H groups in total. The molecule has 0 heterocycles. The molecular weight excluding hydrogens is 564 g/mol. The van der Waals surface area contributed by atoms with Crippen molar-refractivity contribution in [1.82, 2.24) is 0 Å². The number of ether oxygens (including phenoxy) is 4. The van der Waals surface area contributed by atoms with Crippen LogP contribution in [0, 0.1) is 0 Å². The molecule has 0 aliphatic rings. The van der Waals surface area contributed by atoms with Crippen molar-refractivity contribution in [2.75, 3.05) is 13.2 Å². The minimum atomic E-state index is -0.907. The molecule has 0 amide bonds. The smallest absolute Gasteiger partial charge is 0.189 e. The van der Waals surface area contributed by atoms with Crippen LogP contribution in [0.2, 0.25) is 0 Å². The maximum Gasteiger partial charge on any atom is 0.189 e. The Morgan fingerprint density at radius 2 is 0.844 bits per heavy atom. The molecule has 2 aromatic rings. The quantitative estimate of drug-likeness (QED) is 0.155. The first-order valence-corrected chi connectivity index (χ1v) is 15.8. The second kappa shape index (κ2) is 14.5. The largest absolute Gasteiger partial charge is 0.488 e. The summed E-state index contributed by atoms with van der Waals surface area (Å²) in [5.41, 5.74) is 0.284. The SMILES string of the molecule is C=C(C)C(=O)C(C)(C)OCCC(C)(C)Oc1ccc(C(C)(C)c2ccc(OC(C)(C)CCOC(C)(C)C(=O)C(=C)C)cc2)cc1. The van der Waals surface area contributed by atoms with E-state index in [1.807, 2.05) is 52.0 Å². The second-order valence-corrected chi connectivity index (χ2v) is 14.8. The molecule has 2 rings (SSSR count). The summed E-state index contributed by atoms with van der Waals surface area (Å²) >= 11 is 0. The third-order valence-corrected chi connectivity index (χ3v) is 8.14. The molecule has 0 radical (unpaired) electrons. The zero-order valence-electron chi connectivity index (χ0n) is 29.8. The van der Waals surface area contributed by atoms with Gasteiger partial charge < -0.3 is 18.9 Å². The van der Waals surface area contributed by atoms with Gasteiger partial charge in [-0.1, -0.05) is 51.3 Å². The Balaban J connectivity index is 1.99. The minimum Gasteiger partial charge on any atom is -0.488 e. The summed E-state index contributed by atoms with van der Waals surface area (Å²) in [7, 11) is 0. The van der Waals surface area contributed by atoms with Crippen LogP contribution in [0.3, 0.4) is 0 Å². The van der Waals surface area contributed by atoms with E-state index >= 15 is 0 Å². The Morgan fingerprint density at radius 3 is 1.11 bits per heavy atom. The van der Waals surface area contributed by atoms with Gasteiger partial charge in [0.2, 0.25) is 0 Å². The van der Waals surface area contributed by atoms with Crippen molar-refractivity contribution < 1.29 is 28.5 Å². The van der Waals surface area contributed by atoms with Crippen molar-refractivity contribution in [3.8, 4) is 11.5 Å². The van der Waals surface area contributed by atoms with Crippen molar-refractivity contribution in [3.63, 3.8) is 0 Å². The van der Waals surface area contributed by atoms with Gasteiger partial charge in [-0.25, -0.2) is 0 Å². The summed E-state index contributed by atoms with van der Waals surface area (Å²) in [5.74, 6) is 1.37. The normalized spacial score (nSPS) is 12.9. The Labute approximate surface area is 272 Å². The Morgan fingerprint density at radius 1 is 0.556 bits per heavy atom. The van der Waals surface area contributed by atoms with Crippen LogP contribution in [-0.2, 0) is 24.5 Å². The number of hydrogen-bond acceptors (Lipinski definition) is 6. The highest BCUT2D eigenvalue weighted by atomic mass is 16.5. The molecule has 0 saturated heterocycles. The van der Waals surface area contributed by atoms with Gasteiger partial charge in [0.25, 0.3) is 0 Å². The van der Waals surface area contributed by atoms with Gasteiger partial charge in [0.15, 0.2) is 11.6 Å². The Kier molecular flexibility index (Phi) is 12.2. The minimum absolute atomic E-state index is 0.0926. The predicted molar refractivity (Wildman–Crippen MR) is 183 cm³/mol. The summed E-state index contributed by atoms with van der Waals surface area (Å²) in [6.45, 7) is 31.2. The van der Waals surface area contributed by atoms with E-state index in [0.29, 0.717) is 37.2 Å². The lowest BCUT2D eigenvalue weighted by atomic mass is 9.78. The summed E-state index contributed by atoms with van der Waals surface area (Å²) < 4.78 is 24.4. The van der Waals surface area contributed by atoms with Crippen molar-refractivity contribution in [2.24, 2.45) is 0 Å². The fourth-order valence-electron chi connectivity index (χ4n) is 5.05. The standard InChI is InChI=1S/C39H56O6/c1-27(2)33(40)38(11,12)42-25-23-35(5,6)44-31-19-15-29(16-20-31)37(9,10)30-17-21-32(22-18-30)45-36(7,8)24-26-43-39(13,14)34(41)28(3)4/h15-22H,1,3,23-26H2,2,4-14H3. The van der Waals surface area contributed by atoms with E-state index < -0.39 is 22.4 Å². The number of hydrogen-bond donors (Lipinski definition) is 0. The molecule has 0 saturated carbocycles. The van der Waals surface area contributed by atoms with E-state index in [0.717, 1.165) is 22.6 Å². The molecule has 0 aromatic heterocycles. The van der Waals surface area contributed by atoms with Crippen LogP contribution in [0.15, 0.2) is 72.8 Å². The highest BCUT2D eigenvalue weighted by Crippen LogP contribution is 2.35. The maximum absolute atomic E-state index is 12.3. The number of carbonyl (C=O) groups is 2. The topological polar surface area (TPSA) is 71.1 Å². The highest BCUT2D eigenvalue weighted by molar-refractivity contribution is 6.00. The summed E-state index contributed by atoms with van der Waals surface area (Å²) in [6, 6.07) is 16.4. The molecule has 0 aliphatic heterocycles. The monoisotopic (exact) mass is 620 g/mol. The van der Waals surface area contributed by atoms with E-state index in [-0.39, 0.29) is 17.0 Å². The average Bonchev–Trinajstić information content (AvgIpc) is 2.91. The second-order valence-electron chi connectivity index (χ2n) is 14.8. The fourth-order valence-corrected chi connectivity index (χ4v) is 5.05. The predicted octanol–water partition coefficient (Wildman–Crippen LogP) is 8.99. The summed E-state index contributed by atoms with van der Waals surface area (Å²) in [5, 5.41) is 0. The lowest BCUT2D eigenvalue weighted by molar-refractivity contribution is -0.137. The van der Waals surface area contributed by atoms with Crippen LogP contribution in [0.1, 0.15) is 107 Å².